The van der Waals surface area contributed by atoms with Crippen molar-refractivity contribution in [3.8, 4) is 5.88 Å². The van der Waals surface area contributed by atoms with Crippen molar-refractivity contribution >= 4 is 6.09 Å². The van der Waals surface area contributed by atoms with Crippen molar-refractivity contribution in [2.24, 2.45) is 0 Å². The van der Waals surface area contributed by atoms with Gasteiger partial charge in [-0.15, -0.1) is 0 Å². The van der Waals surface area contributed by atoms with Crippen LogP contribution < -0.4 is 4.74 Å². The average Bonchev–Trinajstić information content (AvgIpc) is 2.81. The molecule has 2 heterocycles. The molecule has 1 amide bonds. The largest absolute Gasteiger partial charge is 0.471 e. The van der Waals surface area contributed by atoms with Crippen molar-refractivity contribution in [3.05, 3.63) is 23.5 Å². The number of methoxy groups -OCH3 is 1. The van der Waals surface area contributed by atoms with E-state index in [1.807, 2.05) is 19.1 Å². The number of carbonyl (C=O) groups excluding carboxylic acids is 1. The topological polar surface area (TPSA) is 64.8 Å². The molecule has 0 radical (unpaired) electrons. The summed E-state index contributed by atoms with van der Waals surface area (Å²) in [5, 5.41) is 3.88. The molecule has 0 unspecified atom stereocenters. The third-order valence-corrected chi connectivity index (χ3v) is 2.78. The van der Waals surface area contributed by atoms with Crippen molar-refractivity contribution in [1.82, 2.24) is 10.1 Å². The molecule has 18 heavy (non-hydrogen) atoms. The van der Waals surface area contributed by atoms with Gasteiger partial charge in [-0.2, -0.15) is 0 Å². The van der Waals surface area contributed by atoms with Crippen LogP contribution in [0.3, 0.4) is 0 Å². The lowest BCUT2D eigenvalue weighted by atomic mass is 10.1. The van der Waals surface area contributed by atoms with Gasteiger partial charge in [0.15, 0.2) is 0 Å². The number of ether oxygens (including phenoxy) is 2. The highest BCUT2D eigenvalue weighted by Gasteiger charge is 2.28. The smallest absolute Gasteiger partial charge is 0.409 e. The van der Waals surface area contributed by atoms with Crippen LogP contribution in [0, 0.1) is 0 Å². The predicted molar refractivity (Wildman–Crippen MR) is 63.3 cm³/mol. The van der Waals surface area contributed by atoms with Gasteiger partial charge < -0.3 is 18.9 Å². The maximum absolute atomic E-state index is 11.5. The highest BCUT2D eigenvalue weighted by atomic mass is 16.5. The van der Waals surface area contributed by atoms with Gasteiger partial charge >= 0.3 is 6.09 Å². The van der Waals surface area contributed by atoms with Gasteiger partial charge in [0.25, 0.3) is 5.88 Å². The Kier molecular flexibility index (Phi) is 3.86. The molecular weight excluding hydrogens is 236 g/mol. The molecule has 0 bridgehead atoms. The molecular formula is C12H16N2O4. The maximum atomic E-state index is 11.5. The van der Waals surface area contributed by atoms with E-state index in [2.05, 4.69) is 5.16 Å². The lowest BCUT2D eigenvalue weighted by molar-refractivity contribution is 0.116. The number of aromatic nitrogens is 1. The zero-order valence-electron chi connectivity index (χ0n) is 10.5. The van der Waals surface area contributed by atoms with Crippen molar-refractivity contribution in [3.63, 3.8) is 0 Å². The predicted octanol–water partition coefficient (Wildman–Crippen LogP) is 1.75. The van der Waals surface area contributed by atoms with E-state index in [0.29, 0.717) is 32.0 Å². The zero-order chi connectivity index (χ0) is 13.0. The zero-order valence-corrected chi connectivity index (χ0v) is 10.5. The number of fused-ring (bicyclic) bond motifs is 1. The highest BCUT2D eigenvalue weighted by Crippen LogP contribution is 2.27. The fourth-order valence-electron chi connectivity index (χ4n) is 1.81. The summed E-state index contributed by atoms with van der Waals surface area (Å²) in [7, 11) is 1.37. The van der Waals surface area contributed by atoms with Gasteiger partial charge in [-0.1, -0.05) is 12.2 Å². The van der Waals surface area contributed by atoms with E-state index >= 15 is 0 Å². The fourth-order valence-corrected chi connectivity index (χ4v) is 1.81. The first kappa shape index (κ1) is 12.5. The van der Waals surface area contributed by atoms with Gasteiger partial charge in [-0.05, 0) is 12.1 Å². The van der Waals surface area contributed by atoms with E-state index in [9.17, 15) is 4.79 Å². The Morgan fingerprint density at radius 3 is 3.17 bits per heavy atom. The van der Waals surface area contributed by atoms with Gasteiger partial charge in [0.1, 0.15) is 12.4 Å². The average molecular weight is 252 g/mol. The molecule has 0 saturated heterocycles. The normalized spacial score (nSPS) is 14.7. The quantitative estimate of drug-likeness (QED) is 0.767. The summed E-state index contributed by atoms with van der Waals surface area (Å²) in [5.74, 6) is 1.24. The van der Waals surface area contributed by atoms with E-state index in [1.54, 1.807) is 4.90 Å². The maximum Gasteiger partial charge on any atom is 0.409 e. The molecule has 0 atom stereocenters. The van der Waals surface area contributed by atoms with Crippen LogP contribution in [0.15, 0.2) is 16.7 Å². The first-order chi connectivity index (χ1) is 8.76. The Bertz CT molecular complexity index is 453. The Morgan fingerprint density at radius 1 is 1.61 bits per heavy atom. The van der Waals surface area contributed by atoms with E-state index in [0.717, 1.165) is 11.3 Å². The summed E-state index contributed by atoms with van der Waals surface area (Å²) in [4.78, 5) is 13.1. The fraction of sp³-hybridized carbons (Fsp3) is 0.500. The van der Waals surface area contributed by atoms with Crippen LogP contribution in [0.4, 0.5) is 4.79 Å². The number of rotatable bonds is 3. The van der Waals surface area contributed by atoms with E-state index in [-0.39, 0.29) is 6.09 Å². The summed E-state index contributed by atoms with van der Waals surface area (Å²) in [6, 6.07) is 0. The molecule has 6 heteroatoms. The second-order valence-electron chi connectivity index (χ2n) is 3.91. The molecule has 1 aliphatic rings. The Hall–Kier alpha value is -1.98. The van der Waals surface area contributed by atoms with Crippen molar-refractivity contribution in [1.29, 1.82) is 0 Å². The minimum Gasteiger partial charge on any atom is -0.471 e. The molecule has 0 spiro atoms. The molecule has 1 aromatic rings. The van der Waals surface area contributed by atoms with E-state index < -0.39 is 0 Å². The highest BCUT2D eigenvalue weighted by molar-refractivity contribution is 5.68. The number of amides is 1. The summed E-state index contributed by atoms with van der Waals surface area (Å²) >= 11 is 0. The molecule has 0 saturated carbocycles. The third kappa shape index (κ3) is 2.47. The number of nitrogens with zero attached hydrogens (tertiary/aromatic N) is 2. The summed E-state index contributed by atoms with van der Waals surface area (Å²) in [5.41, 5.74) is 0.830. The van der Waals surface area contributed by atoms with E-state index in [4.69, 9.17) is 14.0 Å². The van der Waals surface area contributed by atoms with Gasteiger partial charge in [0, 0.05) is 13.0 Å². The van der Waals surface area contributed by atoms with Crippen LogP contribution in [0.5, 0.6) is 5.88 Å². The van der Waals surface area contributed by atoms with Gasteiger partial charge in [0.2, 0.25) is 0 Å². The van der Waals surface area contributed by atoms with Crippen LogP contribution >= 0.6 is 0 Å². The van der Waals surface area contributed by atoms with Gasteiger partial charge in [-0.3, -0.25) is 0 Å². The van der Waals surface area contributed by atoms with Crippen molar-refractivity contribution in [2.75, 3.05) is 20.3 Å². The standard InChI is InChI=1S/C12H16N2O4/c1-3-4-7-17-11-9-8-14(12(15)16-2)6-5-10(9)18-13-11/h3-4H,5-8H2,1-2H3/b4-3+. The molecule has 0 fully saturated rings. The Labute approximate surface area is 105 Å². The minimum absolute atomic E-state index is 0.346. The molecule has 6 nitrogen and oxygen atoms in total. The Balaban J connectivity index is 2.09. The monoisotopic (exact) mass is 252 g/mol. The second-order valence-corrected chi connectivity index (χ2v) is 3.91. The SMILES string of the molecule is C/C=C/COc1noc2c1CN(C(=O)OC)CC2. The lowest BCUT2D eigenvalue weighted by Gasteiger charge is -2.24. The Morgan fingerprint density at radius 2 is 2.44 bits per heavy atom. The minimum atomic E-state index is -0.346. The first-order valence-electron chi connectivity index (χ1n) is 5.80. The van der Waals surface area contributed by atoms with E-state index in [1.165, 1.54) is 7.11 Å². The number of hydrogen-bond donors (Lipinski definition) is 0. The summed E-state index contributed by atoms with van der Waals surface area (Å²) in [6.45, 7) is 3.34. The second kappa shape index (κ2) is 5.57. The van der Waals surface area contributed by atoms with Crippen LogP contribution in [-0.2, 0) is 17.7 Å². The molecule has 98 valence electrons. The molecule has 1 aromatic heterocycles. The molecule has 2 rings (SSSR count). The van der Waals surface area contributed by atoms with Crippen molar-refractivity contribution < 1.29 is 18.8 Å². The lowest BCUT2D eigenvalue weighted by Crippen LogP contribution is -2.35. The first-order valence-corrected chi connectivity index (χ1v) is 5.80. The molecule has 0 N–H and O–H groups in total. The van der Waals surface area contributed by atoms with Gasteiger partial charge in [-0.25, -0.2) is 4.79 Å². The molecule has 0 aliphatic carbocycles. The van der Waals surface area contributed by atoms with Crippen molar-refractivity contribution in [2.45, 2.75) is 19.9 Å². The van der Waals surface area contributed by atoms with Crippen LogP contribution in [0.2, 0.25) is 0 Å². The molecule has 1 aliphatic heterocycles. The summed E-state index contributed by atoms with van der Waals surface area (Å²) < 4.78 is 15.4. The van der Waals surface area contributed by atoms with Crippen LogP contribution in [-0.4, -0.2) is 36.4 Å². The summed E-state index contributed by atoms with van der Waals surface area (Å²) in [6.07, 6.45) is 4.06. The van der Waals surface area contributed by atoms with Crippen LogP contribution in [0.1, 0.15) is 18.2 Å². The number of hydrogen-bond acceptors (Lipinski definition) is 5. The van der Waals surface area contributed by atoms with Crippen LogP contribution in [0.25, 0.3) is 0 Å². The van der Waals surface area contributed by atoms with Gasteiger partial charge in [0.05, 0.1) is 19.2 Å². The number of carbonyl (C=O) groups is 1. The third-order valence-electron chi connectivity index (χ3n) is 2.78. The number of allylic oxidation sites excluding steroid dienone is 1. The molecule has 0 aromatic carbocycles.